The summed E-state index contributed by atoms with van der Waals surface area (Å²) in [6.07, 6.45) is 0. The second-order valence-corrected chi connectivity index (χ2v) is 6.56. The Morgan fingerprint density at radius 2 is 1.65 bits per heavy atom. The standard InChI is InChI=1S/C16H24N4/c1-10-7-13(16(4,5)6)8-11(2)14(10)9-20-12(3)15(17)18-19-20/h7-8H,9,17H2,1-6H3. The number of aryl methyl sites for hydroxylation is 2. The van der Waals surface area contributed by atoms with Crippen LogP contribution >= 0.6 is 0 Å². The van der Waals surface area contributed by atoms with Gasteiger partial charge in [-0.05, 0) is 48.4 Å². The Hall–Kier alpha value is -1.84. The molecule has 108 valence electrons. The number of nitrogens with two attached hydrogens (primary N) is 1. The summed E-state index contributed by atoms with van der Waals surface area (Å²) in [5, 5.41) is 8.02. The number of hydrogen-bond acceptors (Lipinski definition) is 3. The van der Waals surface area contributed by atoms with Gasteiger partial charge in [-0.25, -0.2) is 4.68 Å². The van der Waals surface area contributed by atoms with Gasteiger partial charge in [-0.2, -0.15) is 0 Å². The first-order valence-corrected chi connectivity index (χ1v) is 6.96. The summed E-state index contributed by atoms with van der Waals surface area (Å²) in [5.74, 6) is 0.506. The molecule has 4 heteroatoms. The van der Waals surface area contributed by atoms with E-state index in [1.807, 2.05) is 11.6 Å². The highest BCUT2D eigenvalue weighted by Gasteiger charge is 2.17. The third-order valence-electron chi connectivity index (χ3n) is 3.89. The largest absolute Gasteiger partial charge is 0.381 e. The first kappa shape index (κ1) is 14.6. The quantitative estimate of drug-likeness (QED) is 0.913. The van der Waals surface area contributed by atoms with Crippen molar-refractivity contribution >= 4 is 5.82 Å². The minimum atomic E-state index is 0.168. The molecule has 0 spiro atoms. The summed E-state index contributed by atoms with van der Waals surface area (Å²) in [6.45, 7) is 13.7. The van der Waals surface area contributed by atoms with Crippen molar-refractivity contribution in [3.63, 3.8) is 0 Å². The molecule has 0 amide bonds. The van der Waals surface area contributed by atoms with Crippen molar-refractivity contribution < 1.29 is 0 Å². The predicted molar refractivity (Wildman–Crippen MR) is 82.9 cm³/mol. The first-order valence-electron chi connectivity index (χ1n) is 6.96. The minimum Gasteiger partial charge on any atom is -0.381 e. The number of nitrogens with zero attached hydrogens (tertiary/aromatic N) is 3. The molecule has 0 aliphatic heterocycles. The molecule has 2 rings (SSSR count). The lowest BCUT2D eigenvalue weighted by atomic mass is 9.84. The summed E-state index contributed by atoms with van der Waals surface area (Å²) in [6, 6.07) is 4.55. The lowest BCUT2D eigenvalue weighted by molar-refractivity contribution is 0.586. The zero-order valence-electron chi connectivity index (χ0n) is 13.3. The van der Waals surface area contributed by atoms with Crippen molar-refractivity contribution in [2.45, 2.75) is 53.5 Å². The third kappa shape index (κ3) is 2.69. The molecule has 1 heterocycles. The van der Waals surface area contributed by atoms with E-state index in [-0.39, 0.29) is 5.41 Å². The number of nitrogen functional groups attached to an aromatic ring is 1. The summed E-state index contributed by atoms with van der Waals surface area (Å²) >= 11 is 0. The SMILES string of the molecule is Cc1cc(C(C)(C)C)cc(C)c1Cn1nnc(N)c1C. The number of benzene rings is 1. The van der Waals surface area contributed by atoms with Crippen LogP contribution in [0.15, 0.2) is 12.1 Å². The van der Waals surface area contributed by atoms with Crippen LogP contribution in [0.4, 0.5) is 5.82 Å². The van der Waals surface area contributed by atoms with E-state index in [1.54, 1.807) is 0 Å². The molecule has 0 radical (unpaired) electrons. The molecule has 0 unspecified atom stereocenters. The van der Waals surface area contributed by atoms with Crippen molar-refractivity contribution in [3.05, 3.63) is 40.1 Å². The topological polar surface area (TPSA) is 56.7 Å². The average Bonchev–Trinajstić information content (AvgIpc) is 2.64. The van der Waals surface area contributed by atoms with Crippen molar-refractivity contribution in [1.82, 2.24) is 15.0 Å². The van der Waals surface area contributed by atoms with E-state index in [0.717, 1.165) is 12.2 Å². The molecule has 2 N–H and O–H groups in total. The van der Waals surface area contributed by atoms with Crippen LogP contribution < -0.4 is 5.73 Å². The smallest absolute Gasteiger partial charge is 0.168 e. The Morgan fingerprint density at radius 3 is 2.05 bits per heavy atom. The molecule has 0 fully saturated rings. The van der Waals surface area contributed by atoms with Gasteiger partial charge in [0.05, 0.1) is 12.2 Å². The van der Waals surface area contributed by atoms with E-state index in [9.17, 15) is 0 Å². The highest BCUT2D eigenvalue weighted by Crippen LogP contribution is 2.27. The number of rotatable bonds is 2. The van der Waals surface area contributed by atoms with Gasteiger partial charge in [-0.3, -0.25) is 0 Å². The van der Waals surface area contributed by atoms with Crippen LogP contribution in [0.1, 0.15) is 48.7 Å². The minimum absolute atomic E-state index is 0.168. The van der Waals surface area contributed by atoms with Crippen LogP contribution in [0.2, 0.25) is 0 Å². The van der Waals surface area contributed by atoms with E-state index in [1.165, 1.54) is 22.3 Å². The van der Waals surface area contributed by atoms with Crippen LogP contribution in [0.5, 0.6) is 0 Å². The summed E-state index contributed by atoms with van der Waals surface area (Å²) in [4.78, 5) is 0. The predicted octanol–water partition coefficient (Wildman–Crippen LogP) is 3.13. The van der Waals surface area contributed by atoms with Crippen molar-refractivity contribution in [2.24, 2.45) is 0 Å². The number of aromatic nitrogens is 3. The molecule has 2 aromatic rings. The van der Waals surface area contributed by atoms with Crippen LogP contribution in [0, 0.1) is 20.8 Å². The van der Waals surface area contributed by atoms with E-state index >= 15 is 0 Å². The molecule has 20 heavy (non-hydrogen) atoms. The fraction of sp³-hybridized carbons (Fsp3) is 0.500. The summed E-state index contributed by atoms with van der Waals surface area (Å²) in [7, 11) is 0. The molecule has 0 saturated carbocycles. The molecular formula is C16H24N4. The Bertz CT molecular complexity index is 609. The molecule has 0 aliphatic rings. The molecule has 0 saturated heterocycles. The van der Waals surface area contributed by atoms with E-state index < -0.39 is 0 Å². The second-order valence-electron chi connectivity index (χ2n) is 6.56. The second kappa shape index (κ2) is 4.93. The van der Waals surface area contributed by atoms with Gasteiger partial charge in [0.1, 0.15) is 0 Å². The molecule has 1 aromatic heterocycles. The molecule has 0 atom stereocenters. The molecule has 0 bridgehead atoms. The van der Waals surface area contributed by atoms with Gasteiger partial charge in [0.15, 0.2) is 5.82 Å². The molecule has 4 nitrogen and oxygen atoms in total. The van der Waals surface area contributed by atoms with Gasteiger partial charge >= 0.3 is 0 Å². The van der Waals surface area contributed by atoms with E-state index in [4.69, 9.17) is 5.73 Å². The van der Waals surface area contributed by atoms with Crippen molar-refractivity contribution in [3.8, 4) is 0 Å². The van der Waals surface area contributed by atoms with Crippen LogP contribution in [0.3, 0.4) is 0 Å². The number of hydrogen-bond donors (Lipinski definition) is 1. The summed E-state index contributed by atoms with van der Waals surface area (Å²) < 4.78 is 1.86. The maximum Gasteiger partial charge on any atom is 0.168 e. The van der Waals surface area contributed by atoms with E-state index in [0.29, 0.717) is 5.82 Å². The highest BCUT2D eigenvalue weighted by molar-refractivity contribution is 5.41. The zero-order chi connectivity index (χ0) is 15.1. The van der Waals surface area contributed by atoms with Crippen molar-refractivity contribution in [2.75, 3.05) is 5.73 Å². The maximum atomic E-state index is 5.76. The lowest BCUT2D eigenvalue weighted by Gasteiger charge is -2.22. The van der Waals surface area contributed by atoms with Gasteiger partial charge in [0.2, 0.25) is 0 Å². The number of anilines is 1. The first-order chi connectivity index (χ1) is 9.20. The highest BCUT2D eigenvalue weighted by atomic mass is 15.4. The summed E-state index contributed by atoms with van der Waals surface area (Å²) in [5.41, 5.74) is 12.1. The van der Waals surface area contributed by atoms with Gasteiger partial charge in [0.25, 0.3) is 0 Å². The zero-order valence-corrected chi connectivity index (χ0v) is 13.3. The van der Waals surface area contributed by atoms with Crippen LogP contribution in [0.25, 0.3) is 0 Å². The fourth-order valence-electron chi connectivity index (χ4n) is 2.35. The Kier molecular flexibility index (Phi) is 3.59. The maximum absolute atomic E-state index is 5.76. The van der Waals surface area contributed by atoms with Crippen LogP contribution in [-0.4, -0.2) is 15.0 Å². The molecule has 0 aliphatic carbocycles. The molecule has 1 aromatic carbocycles. The van der Waals surface area contributed by atoms with Gasteiger partial charge in [-0.15, -0.1) is 5.10 Å². The third-order valence-corrected chi connectivity index (χ3v) is 3.89. The monoisotopic (exact) mass is 272 g/mol. The van der Waals surface area contributed by atoms with Gasteiger partial charge < -0.3 is 5.73 Å². The average molecular weight is 272 g/mol. The Labute approximate surface area is 121 Å². The fourth-order valence-corrected chi connectivity index (χ4v) is 2.35. The Balaban J connectivity index is 2.41. The lowest BCUT2D eigenvalue weighted by Crippen LogP contribution is -2.14. The van der Waals surface area contributed by atoms with Gasteiger partial charge in [0, 0.05) is 0 Å². The normalized spacial score (nSPS) is 11.9. The Morgan fingerprint density at radius 1 is 1.10 bits per heavy atom. The van der Waals surface area contributed by atoms with Crippen LogP contribution in [-0.2, 0) is 12.0 Å². The van der Waals surface area contributed by atoms with E-state index in [2.05, 4.69) is 57.1 Å². The molecular weight excluding hydrogens is 248 g/mol. The van der Waals surface area contributed by atoms with Gasteiger partial charge in [-0.1, -0.05) is 38.1 Å². The van der Waals surface area contributed by atoms with Crippen molar-refractivity contribution in [1.29, 1.82) is 0 Å².